The van der Waals surface area contributed by atoms with Crippen molar-refractivity contribution in [3.63, 3.8) is 0 Å². The molecular formula is C13H20N2O5S. The molecule has 2 rings (SSSR count). The van der Waals surface area contributed by atoms with Crippen molar-refractivity contribution in [3.05, 3.63) is 23.7 Å². The summed E-state index contributed by atoms with van der Waals surface area (Å²) in [7, 11) is -0.530. The number of likely N-dealkylation sites (tertiary alicyclic amines) is 1. The van der Waals surface area contributed by atoms with Gasteiger partial charge in [0.15, 0.2) is 0 Å². The highest BCUT2D eigenvalue weighted by molar-refractivity contribution is 7.89. The van der Waals surface area contributed by atoms with Crippen molar-refractivity contribution >= 4 is 16.0 Å². The van der Waals surface area contributed by atoms with Crippen LogP contribution in [0.1, 0.15) is 29.0 Å². The molecule has 0 unspecified atom stereocenters. The molecule has 0 aliphatic carbocycles. The van der Waals surface area contributed by atoms with Gasteiger partial charge in [0.25, 0.3) is 0 Å². The van der Waals surface area contributed by atoms with Crippen LogP contribution in [0.3, 0.4) is 0 Å². The molecule has 0 spiro atoms. The first-order valence-electron chi connectivity index (χ1n) is 6.77. The fourth-order valence-corrected chi connectivity index (χ4v) is 3.62. The Labute approximate surface area is 124 Å². The highest BCUT2D eigenvalue weighted by Crippen LogP contribution is 2.23. The number of methoxy groups -OCH3 is 1. The lowest BCUT2D eigenvalue weighted by molar-refractivity contribution is 0.0596. The minimum absolute atomic E-state index is 0.0533. The van der Waals surface area contributed by atoms with Gasteiger partial charge in [0.1, 0.15) is 11.3 Å². The first-order chi connectivity index (χ1) is 9.96. The molecule has 1 saturated heterocycles. The zero-order chi connectivity index (χ0) is 15.5. The monoisotopic (exact) mass is 316 g/mol. The van der Waals surface area contributed by atoms with Gasteiger partial charge in [0.2, 0.25) is 10.0 Å². The highest BCUT2D eigenvalue weighted by atomic mass is 32.2. The van der Waals surface area contributed by atoms with Crippen LogP contribution in [0.25, 0.3) is 0 Å². The highest BCUT2D eigenvalue weighted by Gasteiger charge is 2.30. The minimum atomic E-state index is -3.26. The van der Waals surface area contributed by atoms with Crippen molar-refractivity contribution in [1.29, 1.82) is 0 Å². The van der Waals surface area contributed by atoms with E-state index in [-0.39, 0.29) is 11.8 Å². The average molecular weight is 316 g/mol. The Bertz CT molecular complexity index is 595. The van der Waals surface area contributed by atoms with Crippen LogP contribution in [0.5, 0.6) is 0 Å². The summed E-state index contributed by atoms with van der Waals surface area (Å²) in [5.41, 5.74) is 0.389. The van der Waals surface area contributed by atoms with E-state index >= 15 is 0 Å². The van der Waals surface area contributed by atoms with Crippen LogP contribution in [0.4, 0.5) is 0 Å². The maximum atomic E-state index is 11.7. The van der Waals surface area contributed by atoms with E-state index in [0.29, 0.717) is 17.9 Å². The topological polar surface area (TPSA) is 88.9 Å². The summed E-state index contributed by atoms with van der Waals surface area (Å²) >= 11 is 0. The van der Waals surface area contributed by atoms with E-state index in [1.807, 2.05) is 4.90 Å². The largest absolute Gasteiger partial charge is 0.467 e. The number of carbonyl (C=O) groups excluding carboxylic acids is 1. The van der Waals surface area contributed by atoms with Crippen LogP contribution in [-0.2, 0) is 21.3 Å². The Hall–Kier alpha value is -1.38. The maximum absolute atomic E-state index is 11.7. The number of hydrogen-bond donors (Lipinski definition) is 1. The molecule has 21 heavy (non-hydrogen) atoms. The van der Waals surface area contributed by atoms with Crippen LogP contribution in [0.15, 0.2) is 16.7 Å². The van der Waals surface area contributed by atoms with Crippen LogP contribution < -0.4 is 4.72 Å². The number of sulfonamides is 1. The van der Waals surface area contributed by atoms with Crippen LogP contribution in [0, 0.1) is 0 Å². The summed E-state index contributed by atoms with van der Waals surface area (Å²) in [6.45, 7) is 1.19. The molecule has 0 bridgehead atoms. The van der Waals surface area contributed by atoms with E-state index in [9.17, 15) is 13.2 Å². The SMILES string of the molecule is CNS(=O)(=O)C[C@H]1CCCN1Cc1occc1C(=O)OC. The second kappa shape index (κ2) is 6.59. The number of rotatable bonds is 6. The summed E-state index contributed by atoms with van der Waals surface area (Å²) < 4.78 is 35.8. The predicted octanol–water partition coefficient (Wildman–Crippen LogP) is 0.580. The lowest BCUT2D eigenvalue weighted by Gasteiger charge is -2.23. The van der Waals surface area contributed by atoms with Gasteiger partial charge in [0, 0.05) is 6.04 Å². The van der Waals surface area contributed by atoms with Gasteiger partial charge in [-0.25, -0.2) is 17.9 Å². The Morgan fingerprint density at radius 3 is 3.00 bits per heavy atom. The molecule has 1 aliphatic heterocycles. The molecule has 1 aliphatic rings. The molecular weight excluding hydrogens is 296 g/mol. The van der Waals surface area contributed by atoms with Crippen molar-refractivity contribution in [1.82, 2.24) is 9.62 Å². The standard InChI is InChI=1S/C13H20N2O5S/c1-14-21(17,18)9-10-4-3-6-15(10)8-12-11(5-7-20-12)13(16)19-2/h5,7,10,14H,3-4,6,8-9H2,1-2H3/t10-/m1/s1. The molecule has 0 saturated carbocycles. The lowest BCUT2D eigenvalue weighted by Crippen LogP contribution is -2.38. The van der Waals surface area contributed by atoms with Crippen molar-refractivity contribution < 1.29 is 22.4 Å². The molecule has 0 aromatic carbocycles. The Morgan fingerprint density at radius 1 is 1.57 bits per heavy atom. The van der Waals surface area contributed by atoms with Crippen LogP contribution in [0.2, 0.25) is 0 Å². The van der Waals surface area contributed by atoms with Gasteiger partial charge < -0.3 is 9.15 Å². The molecule has 118 valence electrons. The van der Waals surface area contributed by atoms with Gasteiger partial charge in [-0.2, -0.15) is 0 Å². The number of ether oxygens (including phenoxy) is 1. The molecule has 2 heterocycles. The summed E-state index contributed by atoms with van der Waals surface area (Å²) in [4.78, 5) is 13.6. The maximum Gasteiger partial charge on any atom is 0.341 e. The second-order valence-corrected chi connectivity index (χ2v) is 6.97. The second-order valence-electron chi connectivity index (χ2n) is 5.00. The van der Waals surface area contributed by atoms with Gasteiger partial charge in [-0.1, -0.05) is 0 Å². The quantitative estimate of drug-likeness (QED) is 0.772. The number of nitrogens with one attached hydrogen (secondary N) is 1. The van der Waals surface area contributed by atoms with E-state index in [2.05, 4.69) is 4.72 Å². The van der Waals surface area contributed by atoms with E-state index < -0.39 is 16.0 Å². The Kier molecular flexibility index (Phi) is 5.02. The van der Waals surface area contributed by atoms with Gasteiger partial charge in [0.05, 0.1) is 25.7 Å². The summed E-state index contributed by atoms with van der Waals surface area (Å²) in [5.74, 6) is 0.116. The fraction of sp³-hybridized carbons (Fsp3) is 0.615. The lowest BCUT2D eigenvalue weighted by atomic mass is 10.2. The zero-order valence-electron chi connectivity index (χ0n) is 12.2. The fourth-order valence-electron chi connectivity index (χ4n) is 2.57. The van der Waals surface area contributed by atoms with E-state index in [1.165, 1.54) is 20.4 Å². The van der Waals surface area contributed by atoms with Gasteiger partial charge in [-0.3, -0.25) is 4.90 Å². The number of furan rings is 1. The third-order valence-electron chi connectivity index (χ3n) is 3.72. The van der Waals surface area contributed by atoms with E-state index in [0.717, 1.165) is 19.4 Å². The van der Waals surface area contributed by atoms with Crippen molar-refractivity contribution in [3.8, 4) is 0 Å². The molecule has 8 heteroatoms. The molecule has 0 amide bonds. The van der Waals surface area contributed by atoms with Crippen molar-refractivity contribution in [2.75, 3.05) is 26.5 Å². The van der Waals surface area contributed by atoms with Crippen LogP contribution >= 0.6 is 0 Å². The molecule has 0 radical (unpaired) electrons. The zero-order valence-corrected chi connectivity index (χ0v) is 13.0. The Morgan fingerprint density at radius 2 is 2.33 bits per heavy atom. The smallest absolute Gasteiger partial charge is 0.341 e. The number of hydrogen-bond acceptors (Lipinski definition) is 6. The van der Waals surface area contributed by atoms with Gasteiger partial charge in [-0.05, 0) is 32.5 Å². The molecule has 1 N–H and O–H groups in total. The molecule has 1 fully saturated rings. The number of esters is 1. The summed E-state index contributed by atoms with van der Waals surface area (Å²) in [5, 5.41) is 0. The van der Waals surface area contributed by atoms with Gasteiger partial charge in [-0.15, -0.1) is 0 Å². The first kappa shape index (κ1) is 16.0. The van der Waals surface area contributed by atoms with E-state index in [4.69, 9.17) is 9.15 Å². The third-order valence-corrected chi connectivity index (χ3v) is 5.16. The summed E-state index contributed by atoms with van der Waals surface area (Å²) in [6.07, 6.45) is 3.18. The number of nitrogens with zero attached hydrogens (tertiary/aromatic N) is 1. The third kappa shape index (κ3) is 3.84. The molecule has 1 atom stereocenters. The predicted molar refractivity (Wildman–Crippen MR) is 76.3 cm³/mol. The van der Waals surface area contributed by atoms with Gasteiger partial charge >= 0.3 is 5.97 Å². The molecule has 1 aromatic rings. The summed E-state index contributed by atoms with van der Waals surface area (Å²) in [6, 6.07) is 1.49. The average Bonchev–Trinajstić information content (AvgIpc) is 3.08. The minimum Gasteiger partial charge on any atom is -0.467 e. The molecule has 7 nitrogen and oxygen atoms in total. The number of carbonyl (C=O) groups is 1. The van der Waals surface area contributed by atoms with Crippen LogP contribution in [-0.4, -0.2) is 51.8 Å². The molecule has 1 aromatic heterocycles. The normalized spacial score (nSPS) is 19.8. The van der Waals surface area contributed by atoms with Crippen molar-refractivity contribution in [2.24, 2.45) is 0 Å². The van der Waals surface area contributed by atoms with E-state index in [1.54, 1.807) is 6.07 Å². The Balaban J connectivity index is 2.08. The van der Waals surface area contributed by atoms with Crippen molar-refractivity contribution in [2.45, 2.75) is 25.4 Å². The first-order valence-corrected chi connectivity index (χ1v) is 8.42.